The second-order valence-corrected chi connectivity index (χ2v) is 4.26. The second kappa shape index (κ2) is 5.54. The lowest BCUT2D eigenvalue weighted by Crippen LogP contribution is -2.13. The number of benzene rings is 1. The molecule has 1 aliphatic rings. The molecule has 0 aromatic heterocycles. The molecule has 0 unspecified atom stereocenters. The SMILES string of the molecule is Sc1ccccc1COC[C@@H]1CCCO1. The van der Waals surface area contributed by atoms with Crippen molar-refractivity contribution in [2.75, 3.05) is 13.2 Å². The molecule has 82 valence electrons. The molecule has 1 aromatic carbocycles. The monoisotopic (exact) mass is 224 g/mol. The van der Waals surface area contributed by atoms with Gasteiger partial charge in [-0.25, -0.2) is 0 Å². The van der Waals surface area contributed by atoms with Crippen LogP contribution in [0.3, 0.4) is 0 Å². The van der Waals surface area contributed by atoms with Gasteiger partial charge in [0.2, 0.25) is 0 Å². The van der Waals surface area contributed by atoms with E-state index in [1.54, 1.807) is 0 Å². The first-order valence-corrected chi connectivity index (χ1v) is 5.77. The number of hydrogen-bond donors (Lipinski definition) is 1. The summed E-state index contributed by atoms with van der Waals surface area (Å²) in [4.78, 5) is 0.991. The smallest absolute Gasteiger partial charge is 0.0809 e. The van der Waals surface area contributed by atoms with Crippen LogP contribution in [-0.2, 0) is 16.1 Å². The van der Waals surface area contributed by atoms with Gasteiger partial charge >= 0.3 is 0 Å². The Morgan fingerprint density at radius 1 is 1.40 bits per heavy atom. The normalized spacial score (nSPS) is 20.7. The summed E-state index contributed by atoms with van der Waals surface area (Å²) < 4.78 is 11.1. The Balaban J connectivity index is 1.75. The van der Waals surface area contributed by atoms with Gasteiger partial charge in [0.15, 0.2) is 0 Å². The van der Waals surface area contributed by atoms with Gasteiger partial charge in [-0.3, -0.25) is 0 Å². The number of rotatable bonds is 4. The van der Waals surface area contributed by atoms with E-state index in [0.717, 1.165) is 29.9 Å². The Bertz CT molecular complexity index is 308. The molecular weight excluding hydrogens is 208 g/mol. The van der Waals surface area contributed by atoms with E-state index >= 15 is 0 Å². The fraction of sp³-hybridized carbons (Fsp3) is 0.500. The highest BCUT2D eigenvalue weighted by Crippen LogP contribution is 2.16. The van der Waals surface area contributed by atoms with Crippen molar-refractivity contribution >= 4 is 12.6 Å². The molecule has 2 rings (SSSR count). The van der Waals surface area contributed by atoms with Crippen LogP contribution in [-0.4, -0.2) is 19.3 Å². The van der Waals surface area contributed by atoms with Crippen LogP contribution < -0.4 is 0 Å². The maximum Gasteiger partial charge on any atom is 0.0809 e. The molecule has 1 aromatic rings. The minimum absolute atomic E-state index is 0.303. The molecule has 1 fully saturated rings. The first-order valence-electron chi connectivity index (χ1n) is 5.32. The van der Waals surface area contributed by atoms with Crippen LogP contribution in [0.1, 0.15) is 18.4 Å². The van der Waals surface area contributed by atoms with Crippen molar-refractivity contribution < 1.29 is 9.47 Å². The van der Waals surface area contributed by atoms with Crippen molar-refractivity contribution in [1.82, 2.24) is 0 Å². The third-order valence-electron chi connectivity index (χ3n) is 2.58. The number of hydrogen-bond acceptors (Lipinski definition) is 3. The van der Waals surface area contributed by atoms with Crippen LogP contribution in [0.25, 0.3) is 0 Å². The Morgan fingerprint density at radius 3 is 3.00 bits per heavy atom. The first kappa shape index (κ1) is 11.0. The van der Waals surface area contributed by atoms with E-state index < -0.39 is 0 Å². The van der Waals surface area contributed by atoms with Crippen LogP contribution in [0.15, 0.2) is 29.2 Å². The largest absolute Gasteiger partial charge is 0.376 e. The molecule has 15 heavy (non-hydrogen) atoms. The molecule has 1 atom stereocenters. The molecule has 0 amide bonds. The second-order valence-electron chi connectivity index (χ2n) is 3.78. The summed E-state index contributed by atoms with van der Waals surface area (Å²) in [5, 5.41) is 0. The zero-order valence-electron chi connectivity index (χ0n) is 8.69. The topological polar surface area (TPSA) is 18.5 Å². The van der Waals surface area contributed by atoms with E-state index in [4.69, 9.17) is 9.47 Å². The third-order valence-corrected chi connectivity index (χ3v) is 3.01. The molecule has 0 saturated carbocycles. The predicted octanol–water partition coefficient (Wildman–Crippen LogP) is 2.67. The van der Waals surface area contributed by atoms with E-state index in [1.807, 2.05) is 24.3 Å². The van der Waals surface area contributed by atoms with Crippen LogP contribution >= 0.6 is 12.6 Å². The molecule has 0 N–H and O–H groups in total. The van der Waals surface area contributed by atoms with E-state index in [0.29, 0.717) is 19.3 Å². The zero-order valence-corrected chi connectivity index (χ0v) is 9.58. The highest BCUT2D eigenvalue weighted by Gasteiger charge is 2.15. The molecule has 0 radical (unpaired) electrons. The van der Waals surface area contributed by atoms with Gasteiger partial charge in [-0.2, -0.15) is 0 Å². The Hall–Kier alpha value is -0.510. The lowest BCUT2D eigenvalue weighted by Gasteiger charge is -2.10. The lowest BCUT2D eigenvalue weighted by atomic mass is 10.2. The summed E-state index contributed by atoms with van der Waals surface area (Å²) in [7, 11) is 0. The summed E-state index contributed by atoms with van der Waals surface area (Å²) in [5.41, 5.74) is 1.14. The molecule has 1 heterocycles. The number of thiol groups is 1. The molecule has 2 nitrogen and oxygen atoms in total. The maximum absolute atomic E-state index is 5.61. The van der Waals surface area contributed by atoms with Gasteiger partial charge in [0.25, 0.3) is 0 Å². The molecule has 3 heteroatoms. The van der Waals surface area contributed by atoms with Gasteiger partial charge in [-0.15, -0.1) is 12.6 Å². The molecule has 0 bridgehead atoms. The van der Waals surface area contributed by atoms with Gasteiger partial charge in [0.1, 0.15) is 0 Å². The summed E-state index contributed by atoms with van der Waals surface area (Å²) in [6, 6.07) is 8.00. The van der Waals surface area contributed by atoms with E-state index in [-0.39, 0.29) is 0 Å². The maximum atomic E-state index is 5.61. The first-order chi connectivity index (χ1) is 7.36. The third kappa shape index (κ3) is 3.23. The molecule has 1 aliphatic heterocycles. The summed E-state index contributed by atoms with van der Waals surface area (Å²) in [5.74, 6) is 0. The van der Waals surface area contributed by atoms with Gasteiger partial charge in [-0.05, 0) is 24.5 Å². The van der Waals surface area contributed by atoms with E-state index in [2.05, 4.69) is 12.6 Å². The van der Waals surface area contributed by atoms with Gasteiger partial charge in [0.05, 0.1) is 19.3 Å². The fourth-order valence-corrected chi connectivity index (χ4v) is 1.93. The minimum atomic E-state index is 0.303. The van der Waals surface area contributed by atoms with Crippen LogP contribution in [0, 0.1) is 0 Å². The Labute approximate surface area is 96.0 Å². The van der Waals surface area contributed by atoms with Gasteiger partial charge in [0, 0.05) is 11.5 Å². The minimum Gasteiger partial charge on any atom is -0.376 e. The van der Waals surface area contributed by atoms with E-state index in [1.165, 1.54) is 0 Å². The summed E-state index contributed by atoms with van der Waals surface area (Å²) in [6.07, 6.45) is 2.59. The average molecular weight is 224 g/mol. The highest BCUT2D eigenvalue weighted by atomic mass is 32.1. The van der Waals surface area contributed by atoms with Crippen molar-refractivity contribution in [2.24, 2.45) is 0 Å². The summed E-state index contributed by atoms with van der Waals surface area (Å²) >= 11 is 4.37. The summed E-state index contributed by atoms with van der Waals surface area (Å²) in [6.45, 7) is 2.21. The van der Waals surface area contributed by atoms with Crippen molar-refractivity contribution in [1.29, 1.82) is 0 Å². The fourth-order valence-electron chi connectivity index (χ4n) is 1.71. The van der Waals surface area contributed by atoms with Crippen LogP contribution in [0.4, 0.5) is 0 Å². The molecular formula is C12H16O2S. The van der Waals surface area contributed by atoms with Gasteiger partial charge in [-0.1, -0.05) is 18.2 Å². The lowest BCUT2D eigenvalue weighted by molar-refractivity contribution is 0.0100. The van der Waals surface area contributed by atoms with Crippen molar-refractivity contribution in [3.05, 3.63) is 29.8 Å². The zero-order chi connectivity index (χ0) is 10.5. The molecule has 0 aliphatic carbocycles. The highest BCUT2D eigenvalue weighted by molar-refractivity contribution is 7.80. The Kier molecular flexibility index (Phi) is 4.06. The van der Waals surface area contributed by atoms with Crippen molar-refractivity contribution in [2.45, 2.75) is 30.4 Å². The quantitative estimate of drug-likeness (QED) is 0.793. The van der Waals surface area contributed by atoms with Crippen molar-refractivity contribution in [3.63, 3.8) is 0 Å². The van der Waals surface area contributed by atoms with Gasteiger partial charge < -0.3 is 9.47 Å². The van der Waals surface area contributed by atoms with Crippen molar-refractivity contribution in [3.8, 4) is 0 Å². The van der Waals surface area contributed by atoms with E-state index in [9.17, 15) is 0 Å². The molecule has 1 saturated heterocycles. The van der Waals surface area contributed by atoms with Crippen LogP contribution in [0.5, 0.6) is 0 Å². The standard InChI is InChI=1S/C12H16O2S/c15-12-6-2-1-4-10(12)8-13-9-11-5-3-7-14-11/h1-2,4,6,11,15H,3,5,7-9H2/t11-/m0/s1. The predicted molar refractivity (Wildman–Crippen MR) is 62.3 cm³/mol. The molecule has 0 spiro atoms. The Morgan fingerprint density at radius 2 is 2.27 bits per heavy atom. The average Bonchev–Trinajstić information content (AvgIpc) is 2.74. The van der Waals surface area contributed by atoms with Crippen LogP contribution in [0.2, 0.25) is 0 Å². The number of ether oxygens (including phenoxy) is 2.